The third kappa shape index (κ3) is 3.10. The molecule has 0 aliphatic heterocycles. The monoisotopic (exact) mass is 224 g/mol. The standard InChI is InChI=1S/C10H16N4S/c1-6(2)4-7(3)13-10-8(5-11)9(12)14-15-10/h6-7,13H,4H2,1-3H3,(H2,12,14). The van der Waals surface area contributed by atoms with Gasteiger partial charge in [-0.15, -0.1) is 0 Å². The summed E-state index contributed by atoms with van der Waals surface area (Å²) >= 11 is 1.25. The summed E-state index contributed by atoms with van der Waals surface area (Å²) in [5.74, 6) is 0.949. The topological polar surface area (TPSA) is 74.7 Å². The van der Waals surface area contributed by atoms with Crippen LogP contribution in [0.2, 0.25) is 0 Å². The van der Waals surface area contributed by atoms with Gasteiger partial charge in [-0.25, -0.2) is 0 Å². The SMILES string of the molecule is CC(C)CC(C)Nc1snc(N)c1C#N. The zero-order valence-electron chi connectivity index (χ0n) is 9.24. The molecule has 82 valence electrons. The van der Waals surface area contributed by atoms with Crippen LogP contribution in [0, 0.1) is 17.2 Å². The molecule has 1 atom stereocenters. The van der Waals surface area contributed by atoms with Gasteiger partial charge < -0.3 is 11.1 Å². The quantitative estimate of drug-likeness (QED) is 0.823. The molecule has 1 unspecified atom stereocenters. The number of nitrogens with zero attached hydrogens (tertiary/aromatic N) is 2. The summed E-state index contributed by atoms with van der Waals surface area (Å²) < 4.78 is 3.95. The predicted octanol–water partition coefficient (Wildman–Crippen LogP) is 2.44. The molecular formula is C10H16N4S. The molecule has 0 amide bonds. The second kappa shape index (κ2) is 4.99. The van der Waals surface area contributed by atoms with Crippen LogP contribution in [0.4, 0.5) is 10.8 Å². The molecular weight excluding hydrogens is 208 g/mol. The molecule has 3 N–H and O–H groups in total. The van der Waals surface area contributed by atoms with Crippen molar-refractivity contribution < 1.29 is 0 Å². The number of rotatable bonds is 4. The van der Waals surface area contributed by atoms with Crippen LogP contribution >= 0.6 is 11.5 Å². The summed E-state index contributed by atoms with van der Waals surface area (Å²) in [6.45, 7) is 6.44. The Bertz CT molecular complexity index is 364. The van der Waals surface area contributed by atoms with E-state index in [9.17, 15) is 0 Å². The predicted molar refractivity (Wildman–Crippen MR) is 63.8 cm³/mol. The van der Waals surface area contributed by atoms with Crippen molar-refractivity contribution in [1.82, 2.24) is 4.37 Å². The van der Waals surface area contributed by atoms with Crippen LogP contribution < -0.4 is 11.1 Å². The van der Waals surface area contributed by atoms with Gasteiger partial charge in [-0.3, -0.25) is 0 Å². The Morgan fingerprint density at radius 1 is 1.53 bits per heavy atom. The van der Waals surface area contributed by atoms with Crippen LogP contribution in [0.1, 0.15) is 32.8 Å². The Morgan fingerprint density at radius 2 is 2.20 bits per heavy atom. The highest BCUT2D eigenvalue weighted by Gasteiger charge is 2.13. The van der Waals surface area contributed by atoms with Crippen molar-refractivity contribution in [2.45, 2.75) is 33.2 Å². The molecule has 1 aromatic rings. The maximum absolute atomic E-state index is 8.88. The Labute approximate surface area is 94.3 Å². The highest BCUT2D eigenvalue weighted by Crippen LogP contribution is 2.26. The average Bonchev–Trinajstić information content (AvgIpc) is 2.45. The number of nitrogen functional groups attached to an aromatic ring is 1. The first kappa shape index (κ1) is 11.8. The zero-order valence-corrected chi connectivity index (χ0v) is 10.1. The summed E-state index contributed by atoms with van der Waals surface area (Å²) in [7, 11) is 0. The molecule has 0 saturated heterocycles. The second-order valence-corrected chi connectivity index (χ2v) is 4.83. The highest BCUT2D eigenvalue weighted by atomic mass is 32.1. The molecule has 0 saturated carbocycles. The average molecular weight is 224 g/mol. The smallest absolute Gasteiger partial charge is 0.157 e. The van der Waals surface area contributed by atoms with E-state index in [1.165, 1.54) is 11.5 Å². The Balaban J connectivity index is 2.69. The van der Waals surface area contributed by atoms with Crippen molar-refractivity contribution in [2.75, 3.05) is 11.1 Å². The molecule has 0 aliphatic rings. The molecule has 0 bridgehead atoms. The Kier molecular flexibility index (Phi) is 3.92. The van der Waals surface area contributed by atoms with Crippen molar-refractivity contribution in [3.63, 3.8) is 0 Å². The van der Waals surface area contributed by atoms with Gasteiger partial charge >= 0.3 is 0 Å². The van der Waals surface area contributed by atoms with Crippen LogP contribution in [-0.4, -0.2) is 10.4 Å². The third-order valence-corrected chi connectivity index (χ3v) is 2.83. The van der Waals surface area contributed by atoms with Crippen LogP contribution in [0.15, 0.2) is 0 Å². The van der Waals surface area contributed by atoms with Crippen molar-refractivity contribution in [2.24, 2.45) is 5.92 Å². The zero-order chi connectivity index (χ0) is 11.4. The van der Waals surface area contributed by atoms with Gasteiger partial charge in [0, 0.05) is 6.04 Å². The number of hydrogen-bond donors (Lipinski definition) is 2. The van der Waals surface area contributed by atoms with Crippen molar-refractivity contribution in [3.8, 4) is 6.07 Å². The van der Waals surface area contributed by atoms with E-state index in [1.807, 2.05) is 0 Å². The normalized spacial score (nSPS) is 12.5. The minimum atomic E-state index is 0.321. The van der Waals surface area contributed by atoms with Gasteiger partial charge in [0.25, 0.3) is 0 Å². The molecule has 4 nitrogen and oxygen atoms in total. The molecule has 0 fully saturated rings. The van der Waals surface area contributed by atoms with Gasteiger partial charge in [-0.1, -0.05) is 13.8 Å². The highest BCUT2D eigenvalue weighted by molar-refractivity contribution is 7.10. The first-order chi connectivity index (χ1) is 7.04. The lowest BCUT2D eigenvalue weighted by Crippen LogP contribution is -2.17. The number of nitrogens with one attached hydrogen (secondary N) is 1. The molecule has 0 radical (unpaired) electrons. The molecule has 1 rings (SSSR count). The lowest BCUT2D eigenvalue weighted by atomic mass is 10.1. The summed E-state index contributed by atoms with van der Waals surface area (Å²) in [6.07, 6.45) is 1.06. The lowest BCUT2D eigenvalue weighted by Gasteiger charge is -2.15. The van der Waals surface area contributed by atoms with E-state index in [2.05, 4.69) is 36.5 Å². The molecule has 0 aliphatic carbocycles. The van der Waals surface area contributed by atoms with Crippen LogP contribution in [0.25, 0.3) is 0 Å². The van der Waals surface area contributed by atoms with Gasteiger partial charge in [0.1, 0.15) is 16.6 Å². The number of hydrogen-bond acceptors (Lipinski definition) is 5. The van der Waals surface area contributed by atoms with Crippen LogP contribution in [-0.2, 0) is 0 Å². The summed E-state index contributed by atoms with van der Waals surface area (Å²) in [5, 5.41) is 12.9. The first-order valence-corrected chi connectivity index (χ1v) is 5.73. The van der Waals surface area contributed by atoms with Crippen LogP contribution in [0.3, 0.4) is 0 Å². The molecule has 0 spiro atoms. The summed E-state index contributed by atoms with van der Waals surface area (Å²) in [5.41, 5.74) is 6.03. The van der Waals surface area contributed by atoms with E-state index in [4.69, 9.17) is 11.0 Å². The fourth-order valence-electron chi connectivity index (χ4n) is 1.50. The number of aromatic nitrogens is 1. The van der Waals surface area contributed by atoms with Gasteiger partial charge in [0.05, 0.1) is 0 Å². The largest absolute Gasteiger partial charge is 0.382 e. The van der Waals surface area contributed by atoms with E-state index in [1.54, 1.807) is 0 Å². The van der Waals surface area contributed by atoms with E-state index in [-0.39, 0.29) is 0 Å². The minimum Gasteiger partial charge on any atom is -0.382 e. The molecule has 1 heterocycles. The van der Waals surface area contributed by atoms with E-state index in [0.717, 1.165) is 11.4 Å². The molecule has 15 heavy (non-hydrogen) atoms. The number of nitriles is 1. The Morgan fingerprint density at radius 3 is 2.73 bits per heavy atom. The number of anilines is 2. The first-order valence-electron chi connectivity index (χ1n) is 4.96. The molecule has 1 aromatic heterocycles. The van der Waals surface area contributed by atoms with E-state index >= 15 is 0 Å². The Hall–Kier alpha value is -1.28. The van der Waals surface area contributed by atoms with E-state index in [0.29, 0.717) is 23.3 Å². The van der Waals surface area contributed by atoms with E-state index < -0.39 is 0 Å². The number of nitrogens with two attached hydrogens (primary N) is 1. The van der Waals surface area contributed by atoms with Gasteiger partial charge in [-0.05, 0) is 30.8 Å². The lowest BCUT2D eigenvalue weighted by molar-refractivity contribution is 0.540. The van der Waals surface area contributed by atoms with Crippen molar-refractivity contribution in [3.05, 3.63) is 5.56 Å². The summed E-state index contributed by atoms with van der Waals surface area (Å²) in [6, 6.07) is 2.39. The van der Waals surface area contributed by atoms with Crippen molar-refractivity contribution >= 4 is 22.4 Å². The molecule has 5 heteroatoms. The van der Waals surface area contributed by atoms with Gasteiger partial charge in [0.15, 0.2) is 5.82 Å². The van der Waals surface area contributed by atoms with Crippen molar-refractivity contribution in [1.29, 1.82) is 5.26 Å². The summed E-state index contributed by atoms with van der Waals surface area (Å²) in [4.78, 5) is 0. The van der Waals surface area contributed by atoms with Crippen LogP contribution in [0.5, 0.6) is 0 Å². The minimum absolute atomic E-state index is 0.321. The third-order valence-electron chi connectivity index (χ3n) is 2.03. The van der Waals surface area contributed by atoms with Gasteiger partial charge in [-0.2, -0.15) is 9.64 Å². The molecule has 0 aromatic carbocycles. The maximum atomic E-state index is 8.88. The fourth-order valence-corrected chi connectivity index (χ4v) is 2.28. The van der Waals surface area contributed by atoms with Gasteiger partial charge in [0.2, 0.25) is 0 Å². The second-order valence-electron chi connectivity index (χ2n) is 4.06. The fraction of sp³-hybridized carbons (Fsp3) is 0.600. The maximum Gasteiger partial charge on any atom is 0.157 e.